The molecule has 0 aromatic heterocycles. The fourth-order valence-corrected chi connectivity index (χ4v) is 2.15. The van der Waals surface area contributed by atoms with Gasteiger partial charge in [0.1, 0.15) is 12.4 Å². The molecule has 0 aromatic carbocycles. The first-order valence-electron chi connectivity index (χ1n) is 5.84. The summed E-state index contributed by atoms with van der Waals surface area (Å²) in [7, 11) is 0. The van der Waals surface area contributed by atoms with Crippen LogP contribution in [0.4, 0.5) is 0 Å². The summed E-state index contributed by atoms with van der Waals surface area (Å²) in [5.41, 5.74) is 0. The van der Waals surface area contributed by atoms with E-state index in [1.54, 1.807) is 0 Å². The van der Waals surface area contributed by atoms with Gasteiger partial charge in [-0.25, -0.2) is 0 Å². The number of unbranched alkanes of at least 4 members (excludes halogenated alkanes) is 4. The SMILES string of the molecule is C=C[N+]1(Br)C=CN(CCCCCCC)C1. The molecule has 2 nitrogen and oxygen atoms in total. The second-order valence-electron chi connectivity index (χ2n) is 4.18. The molecule has 1 unspecified atom stereocenters. The number of halogens is 1. The van der Waals surface area contributed by atoms with Gasteiger partial charge in [-0.2, -0.15) is 3.51 Å². The predicted octanol–water partition coefficient (Wildman–Crippen LogP) is 3.97. The van der Waals surface area contributed by atoms with E-state index >= 15 is 0 Å². The molecule has 86 valence electrons. The maximum Gasteiger partial charge on any atom is 0.240 e. The summed E-state index contributed by atoms with van der Waals surface area (Å²) < 4.78 is 0.655. The predicted molar refractivity (Wildman–Crippen MR) is 68.9 cm³/mol. The lowest BCUT2D eigenvalue weighted by atomic mass is 10.1. The molecule has 0 saturated heterocycles. The Kier molecular flexibility index (Phi) is 5.40. The van der Waals surface area contributed by atoms with Crippen molar-refractivity contribution in [2.75, 3.05) is 13.2 Å². The Morgan fingerprint density at radius 2 is 2.13 bits per heavy atom. The van der Waals surface area contributed by atoms with E-state index in [9.17, 15) is 0 Å². The highest BCUT2D eigenvalue weighted by atomic mass is 79.9. The van der Waals surface area contributed by atoms with Crippen LogP contribution in [0.15, 0.2) is 25.2 Å². The molecule has 0 aromatic rings. The molecular weight excluding hydrogens is 252 g/mol. The van der Waals surface area contributed by atoms with Gasteiger partial charge in [-0.05, 0) is 13.0 Å². The topological polar surface area (TPSA) is 3.24 Å². The van der Waals surface area contributed by atoms with Crippen molar-refractivity contribution in [3.8, 4) is 0 Å². The smallest absolute Gasteiger partial charge is 0.240 e. The second-order valence-corrected chi connectivity index (χ2v) is 5.50. The Morgan fingerprint density at radius 1 is 1.40 bits per heavy atom. The van der Waals surface area contributed by atoms with Crippen molar-refractivity contribution < 1.29 is 3.51 Å². The maximum atomic E-state index is 3.82. The first kappa shape index (κ1) is 12.8. The third-order valence-corrected chi connectivity index (χ3v) is 3.53. The van der Waals surface area contributed by atoms with Gasteiger partial charge in [-0.15, -0.1) is 0 Å². The van der Waals surface area contributed by atoms with Gasteiger partial charge in [-0.3, -0.25) is 0 Å². The summed E-state index contributed by atoms with van der Waals surface area (Å²) in [4.78, 5) is 2.35. The summed E-state index contributed by atoms with van der Waals surface area (Å²) >= 11 is 3.61. The van der Waals surface area contributed by atoms with E-state index in [2.05, 4.69) is 46.9 Å². The fourth-order valence-electron chi connectivity index (χ4n) is 1.76. The Labute approximate surface area is 102 Å². The van der Waals surface area contributed by atoms with E-state index in [0.717, 1.165) is 6.67 Å². The standard InChI is InChI=1S/C12H22BrN2/c1-3-5-6-7-8-9-14-10-11-15(13,4-2)12-14/h4,10-11H,2-3,5-9,12H2,1H3/q+1. The number of quaternary nitrogens is 1. The minimum atomic E-state index is 0.655. The number of rotatable bonds is 7. The molecule has 1 aliphatic heterocycles. The van der Waals surface area contributed by atoms with E-state index in [0.29, 0.717) is 3.51 Å². The van der Waals surface area contributed by atoms with E-state index in [1.165, 1.54) is 38.6 Å². The van der Waals surface area contributed by atoms with E-state index in [-0.39, 0.29) is 0 Å². The highest BCUT2D eigenvalue weighted by Crippen LogP contribution is 2.24. The fraction of sp³-hybridized carbons (Fsp3) is 0.667. The third-order valence-electron chi connectivity index (χ3n) is 2.78. The normalized spacial score (nSPS) is 24.8. The van der Waals surface area contributed by atoms with Gasteiger partial charge < -0.3 is 4.90 Å². The molecule has 0 radical (unpaired) electrons. The quantitative estimate of drug-likeness (QED) is 0.501. The molecule has 1 rings (SSSR count). The lowest BCUT2D eigenvalue weighted by molar-refractivity contribution is -0.666. The van der Waals surface area contributed by atoms with Crippen LogP contribution in [-0.4, -0.2) is 21.6 Å². The molecule has 15 heavy (non-hydrogen) atoms. The average molecular weight is 274 g/mol. The van der Waals surface area contributed by atoms with Gasteiger partial charge >= 0.3 is 0 Å². The van der Waals surface area contributed by atoms with Gasteiger partial charge in [0, 0.05) is 6.54 Å². The van der Waals surface area contributed by atoms with Crippen LogP contribution in [0.25, 0.3) is 0 Å². The molecule has 0 spiro atoms. The van der Waals surface area contributed by atoms with Crippen molar-refractivity contribution in [3.05, 3.63) is 25.2 Å². The number of nitrogens with zero attached hydrogens (tertiary/aromatic N) is 2. The lowest BCUT2D eigenvalue weighted by Gasteiger charge is -2.20. The Morgan fingerprint density at radius 3 is 2.73 bits per heavy atom. The van der Waals surface area contributed by atoms with Gasteiger partial charge in [0.05, 0.1) is 6.20 Å². The van der Waals surface area contributed by atoms with Crippen LogP contribution in [0.5, 0.6) is 0 Å². The monoisotopic (exact) mass is 273 g/mol. The first-order valence-corrected chi connectivity index (χ1v) is 6.55. The van der Waals surface area contributed by atoms with Crippen LogP contribution in [0.2, 0.25) is 0 Å². The third kappa shape index (κ3) is 4.39. The van der Waals surface area contributed by atoms with Crippen molar-refractivity contribution in [2.45, 2.75) is 39.0 Å². The molecule has 0 aliphatic carbocycles. The van der Waals surface area contributed by atoms with E-state index < -0.39 is 0 Å². The molecule has 0 N–H and O–H groups in total. The average Bonchev–Trinajstić information content (AvgIpc) is 2.61. The van der Waals surface area contributed by atoms with E-state index in [1.807, 2.05) is 6.20 Å². The van der Waals surface area contributed by atoms with Crippen LogP contribution >= 0.6 is 16.1 Å². The zero-order chi connectivity index (χ0) is 11.1. The van der Waals surface area contributed by atoms with Crippen molar-refractivity contribution >= 4 is 16.1 Å². The molecule has 0 saturated carbocycles. The summed E-state index contributed by atoms with van der Waals surface area (Å²) in [6.07, 6.45) is 12.9. The Bertz CT molecular complexity index is 228. The van der Waals surface area contributed by atoms with Gasteiger partial charge in [0.25, 0.3) is 0 Å². The molecule has 1 atom stereocenters. The lowest BCUT2D eigenvalue weighted by Crippen LogP contribution is -2.30. The van der Waals surface area contributed by atoms with Gasteiger partial charge in [-0.1, -0.05) is 32.6 Å². The molecule has 0 fully saturated rings. The summed E-state index contributed by atoms with van der Waals surface area (Å²) in [5.74, 6) is 0. The molecular formula is C12H22BrN2+. The van der Waals surface area contributed by atoms with Crippen LogP contribution in [-0.2, 0) is 0 Å². The minimum absolute atomic E-state index is 0.655. The van der Waals surface area contributed by atoms with Crippen molar-refractivity contribution in [1.82, 2.24) is 4.90 Å². The van der Waals surface area contributed by atoms with Crippen LogP contribution in [0.1, 0.15) is 39.0 Å². The van der Waals surface area contributed by atoms with Crippen molar-refractivity contribution in [3.63, 3.8) is 0 Å². The van der Waals surface area contributed by atoms with Crippen LogP contribution in [0, 0.1) is 0 Å². The number of hydrogen-bond acceptors (Lipinski definition) is 1. The summed E-state index contributed by atoms with van der Waals surface area (Å²) in [5, 5.41) is 0. The largest absolute Gasteiger partial charge is 0.325 e. The minimum Gasteiger partial charge on any atom is -0.325 e. The molecule has 3 heteroatoms. The highest BCUT2D eigenvalue weighted by Gasteiger charge is 2.26. The molecule has 1 aliphatic rings. The van der Waals surface area contributed by atoms with Crippen LogP contribution in [0.3, 0.4) is 0 Å². The second kappa shape index (κ2) is 6.33. The zero-order valence-electron chi connectivity index (χ0n) is 9.66. The van der Waals surface area contributed by atoms with Gasteiger partial charge in [0.15, 0.2) is 6.67 Å². The zero-order valence-corrected chi connectivity index (χ0v) is 11.2. The van der Waals surface area contributed by atoms with Crippen LogP contribution < -0.4 is 0 Å². The number of hydrogen-bond donors (Lipinski definition) is 0. The highest BCUT2D eigenvalue weighted by molar-refractivity contribution is 9.05. The molecule has 1 heterocycles. The summed E-state index contributed by atoms with van der Waals surface area (Å²) in [6.45, 7) is 8.21. The van der Waals surface area contributed by atoms with Crippen molar-refractivity contribution in [2.24, 2.45) is 0 Å². The molecule has 0 amide bonds. The van der Waals surface area contributed by atoms with Gasteiger partial charge in [0.2, 0.25) is 16.1 Å². The molecule has 0 bridgehead atoms. The Balaban J connectivity index is 2.10. The van der Waals surface area contributed by atoms with Crippen molar-refractivity contribution in [1.29, 1.82) is 0 Å². The summed E-state index contributed by atoms with van der Waals surface area (Å²) in [6, 6.07) is 0. The Hall–Kier alpha value is -0.280. The maximum absolute atomic E-state index is 3.82. The first-order chi connectivity index (χ1) is 7.20. The van der Waals surface area contributed by atoms with E-state index in [4.69, 9.17) is 0 Å².